The molecule has 5 heteroatoms. The topological polar surface area (TPSA) is 48.7 Å². The standard InChI is InChI=1S/C25H33N3O2/c1-18-4-2-5-19(10-18)12-27-13-20-11-22(16-27)24-8-7-21(25(30)28(24)14-20)15-26-9-3-6-23(29)17-26/h2,4-5,7-8,10,20,22-23,29H,3,6,9,11-17H2,1H3/t20-,22+,23-/m0/s1. The van der Waals surface area contributed by atoms with Gasteiger partial charge in [0, 0.05) is 56.4 Å². The Morgan fingerprint density at radius 2 is 1.93 bits per heavy atom. The molecule has 5 nitrogen and oxygen atoms in total. The highest BCUT2D eigenvalue weighted by Gasteiger charge is 2.35. The fraction of sp³-hybridized carbons (Fsp3) is 0.560. The lowest BCUT2D eigenvalue weighted by Crippen LogP contribution is -2.47. The highest BCUT2D eigenvalue weighted by Crippen LogP contribution is 2.35. The number of β-amino-alcohol motifs (C(OH)–C–C–N with tert-alkyl or cyclic N) is 1. The van der Waals surface area contributed by atoms with E-state index >= 15 is 0 Å². The second-order valence-electron chi connectivity index (χ2n) is 9.71. The van der Waals surface area contributed by atoms with Gasteiger partial charge in [-0.25, -0.2) is 0 Å². The zero-order chi connectivity index (χ0) is 20.7. The van der Waals surface area contributed by atoms with E-state index in [0.717, 1.165) is 51.1 Å². The SMILES string of the molecule is Cc1cccc(CN2C[C@@H]3C[C@H](C2)c2ccc(CN4CCC[C@H](O)C4)c(=O)n2C3)c1. The van der Waals surface area contributed by atoms with Gasteiger partial charge in [0.25, 0.3) is 5.56 Å². The fourth-order valence-electron chi connectivity index (χ4n) is 5.82. The second kappa shape index (κ2) is 8.29. The van der Waals surface area contributed by atoms with Crippen molar-refractivity contribution in [2.45, 2.75) is 57.8 Å². The van der Waals surface area contributed by atoms with E-state index < -0.39 is 0 Å². The Bertz CT molecular complexity index is 969. The summed E-state index contributed by atoms with van der Waals surface area (Å²) in [6.45, 7) is 8.39. The number of likely N-dealkylation sites (tertiary alicyclic amines) is 2. The Labute approximate surface area is 178 Å². The quantitative estimate of drug-likeness (QED) is 0.847. The highest BCUT2D eigenvalue weighted by molar-refractivity contribution is 5.24. The number of aryl methyl sites for hydroxylation is 1. The van der Waals surface area contributed by atoms with E-state index in [0.29, 0.717) is 24.9 Å². The van der Waals surface area contributed by atoms with Crippen LogP contribution in [0.5, 0.6) is 0 Å². The largest absolute Gasteiger partial charge is 0.392 e. The third-order valence-corrected chi connectivity index (χ3v) is 7.12. The average Bonchev–Trinajstić information content (AvgIpc) is 2.70. The van der Waals surface area contributed by atoms with E-state index in [1.165, 1.54) is 23.2 Å². The van der Waals surface area contributed by atoms with Crippen molar-refractivity contribution >= 4 is 0 Å². The molecule has 2 fully saturated rings. The maximum atomic E-state index is 13.3. The van der Waals surface area contributed by atoms with Crippen molar-refractivity contribution in [3.8, 4) is 0 Å². The molecule has 5 rings (SSSR count). The van der Waals surface area contributed by atoms with Gasteiger partial charge in [-0.2, -0.15) is 0 Å². The number of aliphatic hydroxyl groups excluding tert-OH is 1. The number of nitrogens with zero attached hydrogens (tertiary/aromatic N) is 3. The van der Waals surface area contributed by atoms with E-state index in [1.54, 1.807) is 0 Å². The average molecular weight is 408 g/mol. The van der Waals surface area contributed by atoms with Gasteiger partial charge in [0.05, 0.1) is 6.10 Å². The summed E-state index contributed by atoms with van der Waals surface area (Å²) in [6, 6.07) is 13.1. The first-order chi connectivity index (χ1) is 14.5. The van der Waals surface area contributed by atoms with E-state index in [1.807, 2.05) is 0 Å². The third-order valence-electron chi connectivity index (χ3n) is 7.12. The van der Waals surface area contributed by atoms with Crippen molar-refractivity contribution in [3.05, 3.63) is 69.1 Å². The van der Waals surface area contributed by atoms with E-state index in [-0.39, 0.29) is 11.7 Å². The molecule has 4 heterocycles. The molecule has 2 bridgehead atoms. The second-order valence-corrected chi connectivity index (χ2v) is 9.71. The van der Waals surface area contributed by atoms with Crippen LogP contribution in [0.1, 0.15) is 47.6 Å². The lowest BCUT2D eigenvalue weighted by Gasteiger charge is -2.43. The van der Waals surface area contributed by atoms with Crippen LogP contribution in [0.3, 0.4) is 0 Å². The fourth-order valence-corrected chi connectivity index (χ4v) is 5.82. The van der Waals surface area contributed by atoms with Gasteiger partial charge in [0.2, 0.25) is 0 Å². The molecule has 1 aromatic carbocycles. The summed E-state index contributed by atoms with van der Waals surface area (Å²) < 4.78 is 2.07. The van der Waals surface area contributed by atoms with Crippen molar-refractivity contribution in [2.24, 2.45) is 5.92 Å². The Hall–Kier alpha value is -1.95. The predicted octanol–water partition coefficient (Wildman–Crippen LogP) is 2.73. The smallest absolute Gasteiger partial charge is 0.255 e. The molecule has 2 aromatic rings. The molecular weight excluding hydrogens is 374 g/mol. The Morgan fingerprint density at radius 1 is 1.03 bits per heavy atom. The molecule has 160 valence electrons. The van der Waals surface area contributed by atoms with Crippen molar-refractivity contribution in [3.63, 3.8) is 0 Å². The number of benzene rings is 1. The van der Waals surface area contributed by atoms with Crippen LogP contribution in [-0.2, 0) is 19.6 Å². The summed E-state index contributed by atoms with van der Waals surface area (Å²) in [7, 11) is 0. The first kappa shape index (κ1) is 20.0. The molecule has 0 saturated carbocycles. The van der Waals surface area contributed by atoms with Crippen LogP contribution in [-0.4, -0.2) is 51.8 Å². The molecule has 3 atom stereocenters. The summed E-state index contributed by atoms with van der Waals surface area (Å²) >= 11 is 0. The first-order valence-corrected chi connectivity index (χ1v) is 11.5. The normalized spacial score (nSPS) is 27.1. The highest BCUT2D eigenvalue weighted by atomic mass is 16.3. The van der Waals surface area contributed by atoms with E-state index in [2.05, 4.69) is 57.7 Å². The molecular formula is C25H33N3O2. The van der Waals surface area contributed by atoms with Crippen molar-refractivity contribution in [1.29, 1.82) is 0 Å². The van der Waals surface area contributed by atoms with Crippen LogP contribution in [0.4, 0.5) is 0 Å². The molecule has 0 amide bonds. The van der Waals surface area contributed by atoms with Gasteiger partial charge in [-0.05, 0) is 50.3 Å². The maximum Gasteiger partial charge on any atom is 0.255 e. The Balaban J connectivity index is 1.33. The van der Waals surface area contributed by atoms with E-state index in [9.17, 15) is 9.90 Å². The minimum absolute atomic E-state index is 0.189. The third kappa shape index (κ3) is 4.11. The summed E-state index contributed by atoms with van der Waals surface area (Å²) in [4.78, 5) is 18.1. The number of hydrogen-bond acceptors (Lipinski definition) is 4. The molecule has 30 heavy (non-hydrogen) atoms. The van der Waals surface area contributed by atoms with Gasteiger partial charge in [-0.3, -0.25) is 14.6 Å². The van der Waals surface area contributed by atoms with Crippen LogP contribution >= 0.6 is 0 Å². The molecule has 1 aromatic heterocycles. The minimum Gasteiger partial charge on any atom is -0.392 e. The van der Waals surface area contributed by atoms with Gasteiger partial charge in [0.1, 0.15) is 0 Å². The minimum atomic E-state index is -0.252. The molecule has 0 spiro atoms. The van der Waals surface area contributed by atoms with Crippen molar-refractivity contribution < 1.29 is 5.11 Å². The first-order valence-electron chi connectivity index (χ1n) is 11.5. The van der Waals surface area contributed by atoms with Crippen molar-refractivity contribution in [1.82, 2.24) is 14.4 Å². The van der Waals surface area contributed by atoms with Crippen molar-refractivity contribution in [2.75, 3.05) is 26.2 Å². The molecule has 3 aliphatic rings. The molecule has 0 unspecified atom stereocenters. The molecule has 1 N–H and O–H groups in total. The Kier molecular flexibility index (Phi) is 5.52. The number of pyridine rings is 1. The number of aliphatic hydroxyl groups is 1. The van der Waals surface area contributed by atoms with Crippen LogP contribution < -0.4 is 5.56 Å². The van der Waals surface area contributed by atoms with Crippen LogP contribution in [0.2, 0.25) is 0 Å². The molecule has 3 aliphatic heterocycles. The summed E-state index contributed by atoms with van der Waals surface area (Å²) in [6.07, 6.45) is 2.83. The van der Waals surface area contributed by atoms with Gasteiger partial charge >= 0.3 is 0 Å². The zero-order valence-electron chi connectivity index (χ0n) is 18.0. The zero-order valence-corrected chi connectivity index (χ0v) is 18.0. The summed E-state index contributed by atoms with van der Waals surface area (Å²) in [5.41, 5.74) is 4.98. The number of hydrogen-bond donors (Lipinski definition) is 1. The summed E-state index contributed by atoms with van der Waals surface area (Å²) in [5, 5.41) is 9.94. The monoisotopic (exact) mass is 407 g/mol. The van der Waals surface area contributed by atoms with Gasteiger partial charge < -0.3 is 9.67 Å². The lowest BCUT2D eigenvalue weighted by molar-refractivity contribution is 0.0663. The lowest BCUT2D eigenvalue weighted by atomic mass is 9.82. The number of fused-ring (bicyclic) bond motifs is 4. The predicted molar refractivity (Wildman–Crippen MR) is 119 cm³/mol. The van der Waals surface area contributed by atoms with Crippen LogP contribution in [0, 0.1) is 12.8 Å². The van der Waals surface area contributed by atoms with Gasteiger partial charge in [-0.1, -0.05) is 35.9 Å². The number of piperidine rings is 2. The Morgan fingerprint density at radius 3 is 2.77 bits per heavy atom. The number of rotatable bonds is 4. The maximum absolute atomic E-state index is 13.3. The molecule has 2 saturated heterocycles. The van der Waals surface area contributed by atoms with Gasteiger partial charge in [0.15, 0.2) is 0 Å². The van der Waals surface area contributed by atoms with Gasteiger partial charge in [-0.15, -0.1) is 0 Å². The van der Waals surface area contributed by atoms with E-state index in [4.69, 9.17) is 0 Å². The molecule has 0 aliphatic carbocycles. The molecule has 0 radical (unpaired) electrons. The van der Waals surface area contributed by atoms with Crippen LogP contribution in [0.15, 0.2) is 41.2 Å². The number of aromatic nitrogens is 1. The summed E-state index contributed by atoms with van der Waals surface area (Å²) in [5.74, 6) is 0.992. The van der Waals surface area contributed by atoms with Crippen LogP contribution in [0.25, 0.3) is 0 Å².